The van der Waals surface area contributed by atoms with Crippen LogP contribution in [0.4, 0.5) is 13.2 Å². The number of esters is 1. The molecule has 1 heterocycles. The molecule has 1 rings (SSSR count). The van der Waals surface area contributed by atoms with Crippen molar-refractivity contribution < 1.29 is 27.5 Å². The van der Waals surface area contributed by atoms with Gasteiger partial charge in [0.25, 0.3) is 5.78 Å². The summed E-state index contributed by atoms with van der Waals surface area (Å²) in [6.07, 6.45) is -4.52. The van der Waals surface area contributed by atoms with Crippen molar-refractivity contribution in [1.82, 2.24) is 4.98 Å². The van der Waals surface area contributed by atoms with Gasteiger partial charge < -0.3 is 4.74 Å². The number of rotatable bonds is 5. The lowest BCUT2D eigenvalue weighted by Gasteiger charge is -2.16. The van der Waals surface area contributed by atoms with E-state index < -0.39 is 30.3 Å². The largest absolute Gasteiger partial charge is 0.465 e. The molecular formula is C12H10Cl2F3NO3. The van der Waals surface area contributed by atoms with Gasteiger partial charge in [0.1, 0.15) is 11.1 Å². The van der Waals surface area contributed by atoms with Crippen LogP contribution in [0.2, 0.25) is 10.2 Å². The van der Waals surface area contributed by atoms with Gasteiger partial charge in [-0.2, -0.15) is 13.2 Å². The molecule has 0 bridgehead atoms. The molecule has 0 aliphatic rings. The zero-order valence-electron chi connectivity index (χ0n) is 10.7. The van der Waals surface area contributed by atoms with Crippen molar-refractivity contribution in [1.29, 1.82) is 0 Å². The number of carbonyl (C=O) groups excluding carboxylic acids is 2. The fraction of sp³-hybridized carbons (Fsp3) is 0.417. The van der Waals surface area contributed by atoms with Gasteiger partial charge in [-0.25, -0.2) is 4.98 Å². The van der Waals surface area contributed by atoms with Gasteiger partial charge in [-0.3, -0.25) is 9.59 Å². The van der Waals surface area contributed by atoms with Crippen molar-refractivity contribution in [2.75, 3.05) is 6.61 Å². The van der Waals surface area contributed by atoms with Gasteiger partial charge in [-0.1, -0.05) is 23.2 Å². The molecule has 0 aliphatic carbocycles. The summed E-state index contributed by atoms with van der Waals surface area (Å²) in [4.78, 5) is 26.5. The molecule has 0 amide bonds. The highest BCUT2D eigenvalue weighted by Gasteiger charge is 2.46. The number of ether oxygens (including phenoxy) is 1. The molecule has 0 radical (unpaired) electrons. The van der Waals surface area contributed by atoms with Crippen LogP contribution in [-0.2, 0) is 20.7 Å². The summed E-state index contributed by atoms with van der Waals surface area (Å²) >= 11 is 11.3. The minimum Gasteiger partial charge on any atom is -0.465 e. The number of hydrogen-bond donors (Lipinski definition) is 0. The van der Waals surface area contributed by atoms with Gasteiger partial charge in [0.2, 0.25) is 0 Å². The molecule has 21 heavy (non-hydrogen) atoms. The molecule has 1 aromatic heterocycles. The van der Waals surface area contributed by atoms with Gasteiger partial charge >= 0.3 is 12.1 Å². The third kappa shape index (κ3) is 4.86. The number of nitrogens with zero attached hydrogens (tertiary/aromatic N) is 1. The van der Waals surface area contributed by atoms with Gasteiger partial charge in [0.05, 0.1) is 11.6 Å². The van der Waals surface area contributed by atoms with Crippen LogP contribution in [0.3, 0.4) is 0 Å². The summed E-state index contributed by atoms with van der Waals surface area (Å²) in [6.45, 7) is 1.29. The molecule has 4 nitrogen and oxygen atoms in total. The molecule has 0 saturated carbocycles. The van der Waals surface area contributed by atoms with Crippen molar-refractivity contribution in [3.05, 3.63) is 28.0 Å². The Balaban J connectivity index is 3.04. The summed E-state index contributed by atoms with van der Waals surface area (Å²) in [7, 11) is 0. The first kappa shape index (κ1) is 17.7. The molecule has 9 heteroatoms. The minimum atomic E-state index is -5.14. The second-order valence-electron chi connectivity index (χ2n) is 3.99. The van der Waals surface area contributed by atoms with Gasteiger partial charge in [-0.05, 0) is 25.0 Å². The van der Waals surface area contributed by atoms with E-state index in [0.717, 1.165) is 6.20 Å². The van der Waals surface area contributed by atoms with Crippen LogP contribution in [0, 0.1) is 5.92 Å². The Morgan fingerprint density at radius 2 is 2.00 bits per heavy atom. The number of pyridine rings is 1. The molecule has 0 aromatic carbocycles. The molecule has 0 N–H and O–H groups in total. The fourth-order valence-corrected chi connectivity index (χ4v) is 1.82. The van der Waals surface area contributed by atoms with Gasteiger partial charge in [-0.15, -0.1) is 0 Å². The Labute approximate surface area is 128 Å². The summed E-state index contributed by atoms with van der Waals surface area (Å²) in [5, 5.41) is -0.0218. The van der Waals surface area contributed by atoms with E-state index in [1.54, 1.807) is 0 Å². The number of carbonyl (C=O) groups is 2. The third-order valence-corrected chi connectivity index (χ3v) is 3.15. The summed E-state index contributed by atoms with van der Waals surface area (Å²) in [6, 6.07) is 1.24. The van der Waals surface area contributed by atoms with E-state index >= 15 is 0 Å². The van der Waals surface area contributed by atoms with Crippen LogP contribution in [0.5, 0.6) is 0 Å². The van der Waals surface area contributed by atoms with Crippen molar-refractivity contribution in [3.63, 3.8) is 0 Å². The van der Waals surface area contributed by atoms with E-state index in [4.69, 9.17) is 23.2 Å². The Bertz CT molecular complexity index is 549. The molecule has 0 unspecified atom stereocenters. The average molecular weight is 344 g/mol. The third-order valence-electron chi connectivity index (χ3n) is 2.46. The smallest absolute Gasteiger partial charge is 0.450 e. The highest BCUT2D eigenvalue weighted by atomic mass is 35.5. The number of Topliss-reactive ketones (excluding diaryl/α,β-unsaturated/α-hetero) is 1. The van der Waals surface area contributed by atoms with E-state index in [9.17, 15) is 22.8 Å². The number of ketones is 1. The summed E-state index contributed by atoms with van der Waals surface area (Å²) in [5.41, 5.74) is 0.167. The summed E-state index contributed by atoms with van der Waals surface area (Å²) in [5.74, 6) is -5.41. The van der Waals surface area contributed by atoms with Crippen LogP contribution in [0.25, 0.3) is 0 Å². The highest BCUT2D eigenvalue weighted by Crippen LogP contribution is 2.26. The predicted octanol–water partition coefficient (Wildman–Crippen LogP) is 3.24. The fourth-order valence-electron chi connectivity index (χ4n) is 1.53. The average Bonchev–Trinajstić information content (AvgIpc) is 2.38. The van der Waals surface area contributed by atoms with Crippen LogP contribution in [0.15, 0.2) is 12.3 Å². The molecule has 116 valence electrons. The Morgan fingerprint density at radius 3 is 2.48 bits per heavy atom. The first-order valence-electron chi connectivity index (χ1n) is 5.74. The van der Waals surface area contributed by atoms with E-state index in [2.05, 4.69) is 9.72 Å². The van der Waals surface area contributed by atoms with Crippen molar-refractivity contribution in [3.8, 4) is 0 Å². The monoisotopic (exact) mass is 343 g/mol. The van der Waals surface area contributed by atoms with Crippen molar-refractivity contribution in [2.45, 2.75) is 19.5 Å². The molecule has 0 aliphatic heterocycles. The lowest BCUT2D eigenvalue weighted by atomic mass is 9.95. The first-order chi connectivity index (χ1) is 9.66. The second-order valence-corrected chi connectivity index (χ2v) is 4.75. The quantitative estimate of drug-likeness (QED) is 0.468. The highest BCUT2D eigenvalue weighted by molar-refractivity contribution is 6.41. The molecule has 0 spiro atoms. The molecule has 0 fully saturated rings. The zero-order valence-corrected chi connectivity index (χ0v) is 12.2. The maximum absolute atomic E-state index is 12.5. The standard InChI is InChI=1S/C12H10Cl2F3NO3/c1-2-21-11(20)7(9(19)12(15,16)17)3-6-4-8(13)10(14)18-5-6/h4-5,7H,2-3H2,1H3/t7-/m0/s1. The lowest BCUT2D eigenvalue weighted by Crippen LogP contribution is -2.37. The number of hydrogen-bond acceptors (Lipinski definition) is 4. The Morgan fingerprint density at radius 1 is 1.38 bits per heavy atom. The molecular weight excluding hydrogens is 334 g/mol. The van der Waals surface area contributed by atoms with Crippen LogP contribution >= 0.6 is 23.2 Å². The van der Waals surface area contributed by atoms with E-state index in [1.807, 2.05) is 0 Å². The normalized spacial score (nSPS) is 12.9. The van der Waals surface area contributed by atoms with E-state index in [-0.39, 0.29) is 22.3 Å². The van der Waals surface area contributed by atoms with Crippen molar-refractivity contribution in [2.24, 2.45) is 5.92 Å². The van der Waals surface area contributed by atoms with Crippen LogP contribution in [-0.4, -0.2) is 29.5 Å². The first-order valence-corrected chi connectivity index (χ1v) is 6.50. The molecule has 1 aromatic rings. The zero-order chi connectivity index (χ0) is 16.2. The predicted molar refractivity (Wildman–Crippen MR) is 69.1 cm³/mol. The van der Waals surface area contributed by atoms with Crippen LogP contribution < -0.4 is 0 Å². The SMILES string of the molecule is CCOC(=O)[C@@H](Cc1cnc(Cl)c(Cl)c1)C(=O)C(F)(F)F. The number of halogens is 5. The van der Waals surface area contributed by atoms with E-state index in [1.165, 1.54) is 13.0 Å². The maximum Gasteiger partial charge on any atom is 0.450 e. The van der Waals surface area contributed by atoms with E-state index in [0.29, 0.717) is 0 Å². The number of alkyl halides is 3. The van der Waals surface area contributed by atoms with Crippen molar-refractivity contribution >= 4 is 35.0 Å². The topological polar surface area (TPSA) is 56.3 Å². The minimum absolute atomic E-state index is 0.0104. The second kappa shape index (κ2) is 7.09. The maximum atomic E-state index is 12.5. The van der Waals surface area contributed by atoms with Gasteiger partial charge in [0, 0.05) is 6.20 Å². The Kier molecular flexibility index (Phi) is 5.98. The Hall–Kier alpha value is -1.34. The van der Waals surface area contributed by atoms with Crippen LogP contribution in [0.1, 0.15) is 12.5 Å². The van der Waals surface area contributed by atoms with Gasteiger partial charge in [0.15, 0.2) is 0 Å². The molecule has 1 atom stereocenters. The number of aromatic nitrogens is 1. The lowest BCUT2D eigenvalue weighted by molar-refractivity contribution is -0.180. The summed E-state index contributed by atoms with van der Waals surface area (Å²) < 4.78 is 42.1. The molecule has 0 saturated heterocycles.